The molecule has 5 nitrogen and oxygen atoms in total. The number of hydrogen-bond acceptors (Lipinski definition) is 4. The van der Waals surface area contributed by atoms with Crippen LogP contribution < -0.4 is 15.8 Å². The Bertz CT molecular complexity index is 635. The monoisotopic (exact) mass is 286 g/mol. The van der Waals surface area contributed by atoms with Crippen LogP contribution >= 0.6 is 0 Å². The topological polar surface area (TPSA) is 65.1 Å². The second kappa shape index (κ2) is 5.68. The third-order valence-electron chi connectivity index (χ3n) is 3.92. The van der Waals surface area contributed by atoms with Gasteiger partial charge < -0.3 is 15.8 Å². The fourth-order valence-electron chi connectivity index (χ4n) is 2.85. The maximum absolute atomic E-state index is 6.25. The average Bonchev–Trinajstić information content (AvgIpc) is 2.76. The molecule has 0 radical (unpaired) electrons. The summed E-state index contributed by atoms with van der Waals surface area (Å²) >= 11 is 0. The van der Waals surface area contributed by atoms with Crippen LogP contribution in [0.1, 0.15) is 37.1 Å². The lowest BCUT2D eigenvalue weighted by Gasteiger charge is -2.27. The molecule has 2 heterocycles. The van der Waals surface area contributed by atoms with Crippen LogP contribution in [0.5, 0.6) is 5.75 Å². The molecule has 0 saturated heterocycles. The third kappa shape index (κ3) is 2.55. The van der Waals surface area contributed by atoms with E-state index in [-0.39, 0.29) is 6.04 Å². The van der Waals surface area contributed by atoms with Gasteiger partial charge in [0.1, 0.15) is 11.6 Å². The molecule has 1 aliphatic rings. The second-order valence-electron chi connectivity index (χ2n) is 5.45. The summed E-state index contributed by atoms with van der Waals surface area (Å²) < 4.78 is 7.55. The SMILES string of the molecule is CCCc1nn(C)c(NC2CCOc3ccccc32)c1N. The molecule has 3 N–H and O–H groups in total. The fourth-order valence-corrected chi connectivity index (χ4v) is 2.85. The van der Waals surface area contributed by atoms with Crippen LogP contribution in [0, 0.1) is 0 Å². The predicted octanol–water partition coefficient (Wildman–Crippen LogP) is 2.89. The molecule has 0 aliphatic carbocycles. The molecule has 0 saturated carbocycles. The standard InChI is InChI=1S/C16H22N4O/c1-3-6-13-15(17)16(20(2)19-13)18-12-9-10-21-14-8-5-4-7-11(12)14/h4-5,7-8,12,18H,3,6,9-10,17H2,1-2H3. The van der Waals surface area contributed by atoms with Crippen molar-refractivity contribution in [2.24, 2.45) is 7.05 Å². The summed E-state index contributed by atoms with van der Waals surface area (Å²) in [5.74, 6) is 1.86. The maximum atomic E-state index is 6.25. The largest absolute Gasteiger partial charge is 0.493 e. The summed E-state index contributed by atoms with van der Waals surface area (Å²) in [6.45, 7) is 2.85. The van der Waals surface area contributed by atoms with E-state index in [0.717, 1.165) is 42.2 Å². The molecule has 0 spiro atoms. The predicted molar refractivity (Wildman–Crippen MR) is 84.5 cm³/mol. The van der Waals surface area contributed by atoms with E-state index >= 15 is 0 Å². The smallest absolute Gasteiger partial charge is 0.148 e. The van der Waals surface area contributed by atoms with Crippen molar-refractivity contribution in [3.8, 4) is 5.75 Å². The number of nitrogens with zero attached hydrogens (tertiary/aromatic N) is 2. The molecule has 0 fully saturated rings. The van der Waals surface area contributed by atoms with Gasteiger partial charge in [0.15, 0.2) is 0 Å². The van der Waals surface area contributed by atoms with Gasteiger partial charge in [-0.3, -0.25) is 4.68 Å². The number of fused-ring (bicyclic) bond motifs is 1. The Balaban J connectivity index is 1.88. The van der Waals surface area contributed by atoms with E-state index in [1.54, 1.807) is 0 Å². The molecule has 1 aliphatic heterocycles. The Morgan fingerprint density at radius 1 is 1.43 bits per heavy atom. The molecule has 1 unspecified atom stereocenters. The van der Waals surface area contributed by atoms with Crippen LogP contribution in [-0.2, 0) is 13.5 Å². The summed E-state index contributed by atoms with van der Waals surface area (Å²) in [6, 6.07) is 8.36. The number of benzene rings is 1. The zero-order valence-corrected chi connectivity index (χ0v) is 12.6. The minimum atomic E-state index is 0.210. The van der Waals surface area contributed by atoms with Gasteiger partial charge in [-0.25, -0.2) is 0 Å². The molecular formula is C16H22N4O. The van der Waals surface area contributed by atoms with Gasteiger partial charge in [0.05, 0.1) is 24.0 Å². The van der Waals surface area contributed by atoms with E-state index in [0.29, 0.717) is 6.61 Å². The Labute approximate surface area is 125 Å². The Morgan fingerprint density at radius 2 is 2.24 bits per heavy atom. The fraction of sp³-hybridized carbons (Fsp3) is 0.438. The van der Waals surface area contributed by atoms with E-state index in [4.69, 9.17) is 10.5 Å². The average molecular weight is 286 g/mol. The highest BCUT2D eigenvalue weighted by Crippen LogP contribution is 2.35. The third-order valence-corrected chi connectivity index (χ3v) is 3.92. The van der Waals surface area contributed by atoms with Crippen molar-refractivity contribution in [1.82, 2.24) is 9.78 Å². The number of nitrogens with one attached hydrogen (secondary N) is 1. The van der Waals surface area contributed by atoms with Gasteiger partial charge in [-0.2, -0.15) is 5.10 Å². The number of aromatic nitrogens is 2. The number of ether oxygens (including phenoxy) is 1. The number of nitrogens with two attached hydrogens (primary N) is 1. The lowest BCUT2D eigenvalue weighted by molar-refractivity contribution is 0.274. The van der Waals surface area contributed by atoms with Crippen LogP contribution in [0.25, 0.3) is 0 Å². The minimum absolute atomic E-state index is 0.210. The second-order valence-corrected chi connectivity index (χ2v) is 5.45. The van der Waals surface area contributed by atoms with Crippen molar-refractivity contribution >= 4 is 11.5 Å². The number of para-hydroxylation sites is 1. The van der Waals surface area contributed by atoms with Crippen molar-refractivity contribution in [1.29, 1.82) is 0 Å². The van der Waals surface area contributed by atoms with Gasteiger partial charge in [-0.15, -0.1) is 0 Å². The first kappa shape index (κ1) is 13.8. The summed E-state index contributed by atoms with van der Waals surface area (Å²) in [5, 5.41) is 8.07. The van der Waals surface area contributed by atoms with Crippen molar-refractivity contribution in [3.63, 3.8) is 0 Å². The van der Waals surface area contributed by atoms with Crippen LogP contribution in [0.15, 0.2) is 24.3 Å². The van der Waals surface area contributed by atoms with E-state index < -0.39 is 0 Å². The summed E-state index contributed by atoms with van der Waals surface area (Å²) in [7, 11) is 1.93. The highest BCUT2D eigenvalue weighted by molar-refractivity contribution is 5.66. The molecule has 5 heteroatoms. The van der Waals surface area contributed by atoms with Crippen LogP contribution in [-0.4, -0.2) is 16.4 Å². The first-order valence-electron chi connectivity index (χ1n) is 7.50. The number of hydrogen-bond donors (Lipinski definition) is 2. The molecule has 1 aromatic carbocycles. The van der Waals surface area contributed by atoms with Gasteiger partial charge in [0.2, 0.25) is 0 Å². The molecule has 3 rings (SSSR count). The van der Waals surface area contributed by atoms with Crippen molar-refractivity contribution < 1.29 is 4.74 Å². The first-order valence-corrected chi connectivity index (χ1v) is 7.50. The molecule has 0 bridgehead atoms. The Morgan fingerprint density at radius 3 is 3.05 bits per heavy atom. The normalized spacial score (nSPS) is 17.1. The van der Waals surface area contributed by atoms with Gasteiger partial charge >= 0.3 is 0 Å². The van der Waals surface area contributed by atoms with Crippen LogP contribution in [0.4, 0.5) is 11.5 Å². The van der Waals surface area contributed by atoms with Gasteiger partial charge in [0.25, 0.3) is 0 Å². The molecule has 1 aromatic heterocycles. The van der Waals surface area contributed by atoms with Crippen molar-refractivity contribution in [3.05, 3.63) is 35.5 Å². The molecule has 112 valence electrons. The molecular weight excluding hydrogens is 264 g/mol. The number of aryl methyl sites for hydroxylation is 2. The lowest BCUT2D eigenvalue weighted by atomic mass is 10.0. The van der Waals surface area contributed by atoms with E-state index in [1.807, 2.05) is 29.9 Å². The zero-order chi connectivity index (χ0) is 14.8. The van der Waals surface area contributed by atoms with Gasteiger partial charge in [-0.05, 0) is 12.5 Å². The molecule has 1 atom stereocenters. The van der Waals surface area contributed by atoms with E-state index in [2.05, 4.69) is 23.4 Å². The van der Waals surface area contributed by atoms with Gasteiger partial charge in [-0.1, -0.05) is 31.5 Å². The highest BCUT2D eigenvalue weighted by atomic mass is 16.5. The van der Waals surface area contributed by atoms with Crippen LogP contribution in [0.3, 0.4) is 0 Å². The molecule has 2 aromatic rings. The number of nitrogen functional groups attached to an aromatic ring is 1. The first-order chi connectivity index (χ1) is 10.2. The van der Waals surface area contributed by atoms with Crippen molar-refractivity contribution in [2.75, 3.05) is 17.7 Å². The van der Waals surface area contributed by atoms with Gasteiger partial charge in [0, 0.05) is 19.0 Å². The highest BCUT2D eigenvalue weighted by Gasteiger charge is 2.23. The Hall–Kier alpha value is -2.17. The lowest BCUT2D eigenvalue weighted by Crippen LogP contribution is -2.21. The maximum Gasteiger partial charge on any atom is 0.148 e. The minimum Gasteiger partial charge on any atom is -0.493 e. The summed E-state index contributed by atoms with van der Waals surface area (Å²) in [4.78, 5) is 0. The number of anilines is 2. The van der Waals surface area contributed by atoms with E-state index in [1.165, 1.54) is 5.56 Å². The van der Waals surface area contributed by atoms with Crippen molar-refractivity contribution in [2.45, 2.75) is 32.2 Å². The number of rotatable bonds is 4. The Kier molecular flexibility index (Phi) is 3.73. The zero-order valence-electron chi connectivity index (χ0n) is 12.6. The quantitative estimate of drug-likeness (QED) is 0.907. The van der Waals surface area contributed by atoms with E-state index in [9.17, 15) is 0 Å². The summed E-state index contributed by atoms with van der Waals surface area (Å²) in [6.07, 6.45) is 2.87. The molecule has 21 heavy (non-hydrogen) atoms. The van der Waals surface area contributed by atoms with Crippen LogP contribution in [0.2, 0.25) is 0 Å². The summed E-state index contributed by atoms with van der Waals surface area (Å²) in [5.41, 5.74) is 9.17. The molecule has 0 amide bonds.